The Labute approximate surface area is 122 Å². The summed E-state index contributed by atoms with van der Waals surface area (Å²) in [5.74, 6) is 0.706. The number of benzene rings is 1. The molecule has 1 atom stereocenters. The minimum absolute atomic E-state index is 0.0930. The van der Waals surface area contributed by atoms with Gasteiger partial charge in [0.25, 0.3) is 0 Å². The van der Waals surface area contributed by atoms with E-state index in [4.69, 9.17) is 0 Å². The Morgan fingerprint density at radius 2 is 2.19 bits per heavy atom. The third-order valence-electron chi connectivity index (χ3n) is 3.38. The van der Waals surface area contributed by atoms with E-state index in [0.29, 0.717) is 0 Å². The zero-order valence-electron chi connectivity index (χ0n) is 11.9. The maximum atomic E-state index is 12.2. The lowest BCUT2D eigenvalue weighted by Gasteiger charge is -2.16. The molecule has 1 fully saturated rings. The van der Waals surface area contributed by atoms with Crippen molar-refractivity contribution >= 4 is 5.91 Å². The van der Waals surface area contributed by atoms with Crippen LogP contribution in [0.5, 0.6) is 5.75 Å². The van der Waals surface area contributed by atoms with Crippen molar-refractivity contribution in [3.8, 4) is 5.75 Å². The summed E-state index contributed by atoms with van der Waals surface area (Å²) in [6, 6.07) is 6.10. The van der Waals surface area contributed by atoms with Crippen LogP contribution >= 0.6 is 0 Å². The molecule has 2 N–H and O–H groups in total. The molecule has 1 aliphatic carbocycles. The second-order valence-corrected chi connectivity index (χ2v) is 5.31. The van der Waals surface area contributed by atoms with Crippen molar-refractivity contribution < 1.29 is 18.3 Å². The second kappa shape index (κ2) is 7.36. The molecule has 2 rings (SSSR count). The predicted molar refractivity (Wildman–Crippen MR) is 75.2 cm³/mol. The number of ether oxygens (including phenoxy) is 1. The lowest BCUT2D eigenvalue weighted by Crippen LogP contribution is -2.36. The van der Waals surface area contributed by atoms with Gasteiger partial charge < -0.3 is 15.4 Å². The highest BCUT2D eigenvalue weighted by Gasteiger charge is 2.20. The number of hydrogen-bond donors (Lipinski definition) is 2. The van der Waals surface area contributed by atoms with Crippen LogP contribution in [0.1, 0.15) is 31.4 Å². The fourth-order valence-electron chi connectivity index (χ4n) is 2.05. The van der Waals surface area contributed by atoms with Gasteiger partial charge in [-0.25, -0.2) is 0 Å². The van der Waals surface area contributed by atoms with Gasteiger partial charge in [-0.05, 0) is 49.9 Å². The number of carbonyl (C=O) groups excluding carboxylic acids is 1. The Hall–Kier alpha value is -1.69. The van der Waals surface area contributed by atoms with Gasteiger partial charge in [-0.15, -0.1) is 0 Å². The van der Waals surface area contributed by atoms with Gasteiger partial charge in [0.05, 0.1) is 12.6 Å². The van der Waals surface area contributed by atoms with E-state index in [2.05, 4.69) is 15.4 Å². The first-order chi connectivity index (χ1) is 10.0. The van der Waals surface area contributed by atoms with Crippen LogP contribution in [0.25, 0.3) is 0 Å². The molecule has 21 heavy (non-hydrogen) atoms. The molecular weight excluding hydrogens is 278 g/mol. The first kappa shape index (κ1) is 15.7. The second-order valence-electron chi connectivity index (χ2n) is 5.31. The molecule has 1 aromatic rings. The lowest BCUT2D eigenvalue weighted by atomic mass is 10.1. The van der Waals surface area contributed by atoms with Gasteiger partial charge in [0.1, 0.15) is 5.75 Å². The summed E-state index contributed by atoms with van der Waals surface area (Å²) in [6.45, 7) is 0.102. The van der Waals surface area contributed by atoms with Crippen LogP contribution < -0.4 is 15.4 Å². The van der Waals surface area contributed by atoms with E-state index in [-0.39, 0.29) is 24.2 Å². The topological polar surface area (TPSA) is 50.4 Å². The first-order valence-corrected chi connectivity index (χ1v) is 7.09. The number of alkyl halides is 2. The van der Waals surface area contributed by atoms with Crippen molar-refractivity contribution in [3.05, 3.63) is 29.8 Å². The Balaban J connectivity index is 1.80. The number of hydrogen-bond acceptors (Lipinski definition) is 3. The van der Waals surface area contributed by atoms with Gasteiger partial charge in [-0.1, -0.05) is 12.1 Å². The molecule has 4 nitrogen and oxygen atoms in total. The van der Waals surface area contributed by atoms with Crippen molar-refractivity contribution in [2.24, 2.45) is 5.92 Å². The molecule has 116 valence electrons. The average Bonchev–Trinajstić information content (AvgIpc) is 3.22. The van der Waals surface area contributed by atoms with Crippen molar-refractivity contribution in [2.75, 3.05) is 13.1 Å². The van der Waals surface area contributed by atoms with E-state index in [1.807, 2.05) is 0 Å². The van der Waals surface area contributed by atoms with Crippen molar-refractivity contribution in [3.63, 3.8) is 0 Å². The summed E-state index contributed by atoms with van der Waals surface area (Å²) in [5, 5.41) is 5.93. The molecule has 0 bridgehead atoms. The average molecular weight is 298 g/mol. The van der Waals surface area contributed by atoms with Gasteiger partial charge in [0, 0.05) is 0 Å². The van der Waals surface area contributed by atoms with Gasteiger partial charge in [-0.2, -0.15) is 8.78 Å². The standard InChI is InChI=1S/C15H20F2N2O2/c1-10(19-14(20)9-18-8-11-5-6-11)12-3-2-4-13(7-12)21-15(16)17/h2-4,7,10-11,15,18H,5-6,8-9H2,1H3,(H,19,20). The van der Waals surface area contributed by atoms with Crippen LogP contribution in [0, 0.1) is 5.92 Å². The van der Waals surface area contributed by atoms with E-state index in [0.717, 1.165) is 18.0 Å². The van der Waals surface area contributed by atoms with Gasteiger partial charge in [0.2, 0.25) is 5.91 Å². The fraction of sp³-hybridized carbons (Fsp3) is 0.533. The van der Waals surface area contributed by atoms with E-state index < -0.39 is 6.61 Å². The van der Waals surface area contributed by atoms with Crippen LogP contribution in [-0.4, -0.2) is 25.6 Å². The van der Waals surface area contributed by atoms with Gasteiger partial charge >= 0.3 is 6.61 Å². The number of rotatable bonds is 8. The molecule has 0 aliphatic heterocycles. The van der Waals surface area contributed by atoms with Crippen molar-refractivity contribution in [2.45, 2.75) is 32.4 Å². The van der Waals surface area contributed by atoms with E-state index in [1.165, 1.54) is 25.0 Å². The third kappa shape index (κ3) is 5.67. The zero-order valence-corrected chi connectivity index (χ0v) is 11.9. The molecule has 1 aromatic carbocycles. The predicted octanol–water partition coefficient (Wildman–Crippen LogP) is 2.46. The molecule has 0 aromatic heterocycles. The highest BCUT2D eigenvalue weighted by Crippen LogP contribution is 2.27. The lowest BCUT2D eigenvalue weighted by molar-refractivity contribution is -0.120. The first-order valence-electron chi connectivity index (χ1n) is 7.09. The normalized spacial score (nSPS) is 15.8. The van der Waals surface area contributed by atoms with Crippen LogP contribution in [0.3, 0.4) is 0 Å². The maximum absolute atomic E-state index is 12.2. The number of halogens is 2. The number of carbonyl (C=O) groups is 1. The summed E-state index contributed by atoms with van der Waals surface area (Å²) >= 11 is 0. The SMILES string of the molecule is CC(NC(=O)CNCC1CC1)c1cccc(OC(F)F)c1. The summed E-state index contributed by atoms with van der Waals surface area (Å²) in [6.07, 6.45) is 2.48. The summed E-state index contributed by atoms with van der Waals surface area (Å²) < 4.78 is 28.7. The number of amides is 1. The fourth-order valence-corrected chi connectivity index (χ4v) is 2.05. The summed E-state index contributed by atoms with van der Waals surface area (Å²) in [5.41, 5.74) is 0.726. The maximum Gasteiger partial charge on any atom is 0.387 e. The minimum atomic E-state index is -2.85. The molecule has 1 saturated carbocycles. The largest absolute Gasteiger partial charge is 0.435 e. The highest BCUT2D eigenvalue weighted by atomic mass is 19.3. The molecule has 1 unspecified atom stereocenters. The van der Waals surface area contributed by atoms with E-state index >= 15 is 0 Å². The Morgan fingerprint density at radius 1 is 1.43 bits per heavy atom. The molecule has 0 heterocycles. The van der Waals surface area contributed by atoms with Crippen molar-refractivity contribution in [1.82, 2.24) is 10.6 Å². The molecule has 0 spiro atoms. The van der Waals surface area contributed by atoms with Gasteiger partial charge in [-0.3, -0.25) is 4.79 Å². The van der Waals surface area contributed by atoms with E-state index in [9.17, 15) is 13.6 Å². The molecule has 0 radical (unpaired) electrons. The Bertz CT molecular complexity index is 478. The van der Waals surface area contributed by atoms with Crippen LogP contribution in [0.4, 0.5) is 8.78 Å². The van der Waals surface area contributed by atoms with Crippen LogP contribution in [-0.2, 0) is 4.79 Å². The van der Waals surface area contributed by atoms with Crippen LogP contribution in [0.15, 0.2) is 24.3 Å². The minimum Gasteiger partial charge on any atom is -0.435 e. The zero-order chi connectivity index (χ0) is 15.2. The smallest absolute Gasteiger partial charge is 0.387 e. The summed E-state index contributed by atoms with van der Waals surface area (Å²) in [4.78, 5) is 11.8. The third-order valence-corrected chi connectivity index (χ3v) is 3.38. The van der Waals surface area contributed by atoms with Gasteiger partial charge in [0.15, 0.2) is 0 Å². The Morgan fingerprint density at radius 3 is 2.86 bits per heavy atom. The summed E-state index contributed by atoms with van der Waals surface area (Å²) in [7, 11) is 0. The highest BCUT2D eigenvalue weighted by molar-refractivity contribution is 5.78. The molecule has 1 aliphatic rings. The quantitative estimate of drug-likeness (QED) is 0.775. The molecule has 0 saturated heterocycles. The molecular formula is C15H20F2N2O2. The molecule has 1 amide bonds. The van der Waals surface area contributed by atoms with Crippen LogP contribution in [0.2, 0.25) is 0 Å². The molecule has 6 heteroatoms. The Kier molecular flexibility index (Phi) is 5.50. The van der Waals surface area contributed by atoms with Crippen molar-refractivity contribution in [1.29, 1.82) is 0 Å². The monoisotopic (exact) mass is 298 g/mol. The van der Waals surface area contributed by atoms with E-state index in [1.54, 1.807) is 19.1 Å². The number of nitrogens with one attached hydrogen (secondary N) is 2.